The number of hydrogen-bond donors (Lipinski definition) is 1. The standard InChI is InChI=1S/C16H24N6O3/c1-3-14-19-13(20-25-14)10-21-7-5-11(6-8-21)22-15(17)12(9-18-22)16(23)24-4-2/h9,11H,3-8,10,17H2,1-2H3. The molecule has 0 saturated carbocycles. The number of hydrogen-bond acceptors (Lipinski definition) is 8. The van der Waals surface area contributed by atoms with E-state index in [0.29, 0.717) is 30.4 Å². The van der Waals surface area contributed by atoms with Gasteiger partial charge in [-0.25, -0.2) is 9.48 Å². The van der Waals surface area contributed by atoms with Crippen molar-refractivity contribution in [3.8, 4) is 0 Å². The van der Waals surface area contributed by atoms with Gasteiger partial charge in [0.2, 0.25) is 5.89 Å². The molecule has 0 radical (unpaired) electrons. The van der Waals surface area contributed by atoms with E-state index in [1.165, 1.54) is 6.20 Å². The van der Waals surface area contributed by atoms with Crippen molar-refractivity contribution < 1.29 is 14.1 Å². The van der Waals surface area contributed by atoms with Crippen LogP contribution < -0.4 is 5.73 Å². The van der Waals surface area contributed by atoms with E-state index in [9.17, 15) is 4.79 Å². The second kappa shape index (κ2) is 7.64. The molecule has 0 aromatic carbocycles. The average Bonchev–Trinajstić information content (AvgIpc) is 3.22. The Morgan fingerprint density at radius 2 is 2.16 bits per heavy atom. The van der Waals surface area contributed by atoms with Crippen molar-refractivity contribution in [2.45, 2.75) is 45.7 Å². The summed E-state index contributed by atoms with van der Waals surface area (Å²) < 4.78 is 11.9. The lowest BCUT2D eigenvalue weighted by Crippen LogP contribution is -2.35. The van der Waals surface area contributed by atoms with Crippen LogP contribution in [-0.4, -0.2) is 50.5 Å². The van der Waals surface area contributed by atoms with Crippen molar-refractivity contribution in [1.29, 1.82) is 0 Å². The van der Waals surface area contributed by atoms with Crippen LogP contribution in [0.15, 0.2) is 10.7 Å². The van der Waals surface area contributed by atoms with Gasteiger partial charge in [0.05, 0.1) is 25.4 Å². The van der Waals surface area contributed by atoms with E-state index >= 15 is 0 Å². The fourth-order valence-electron chi connectivity index (χ4n) is 3.05. The van der Waals surface area contributed by atoms with E-state index in [0.717, 1.165) is 38.2 Å². The lowest BCUT2D eigenvalue weighted by Gasteiger charge is -2.31. The van der Waals surface area contributed by atoms with Crippen molar-refractivity contribution >= 4 is 11.8 Å². The molecule has 0 bridgehead atoms. The molecule has 1 fully saturated rings. The molecule has 1 aliphatic heterocycles. The van der Waals surface area contributed by atoms with Gasteiger partial charge in [0.15, 0.2) is 5.82 Å². The second-order valence-electron chi connectivity index (χ2n) is 6.07. The molecule has 25 heavy (non-hydrogen) atoms. The van der Waals surface area contributed by atoms with Gasteiger partial charge in [-0.3, -0.25) is 4.90 Å². The molecule has 3 heterocycles. The predicted octanol–water partition coefficient (Wildman–Crippen LogP) is 1.42. The van der Waals surface area contributed by atoms with Gasteiger partial charge in [-0.1, -0.05) is 12.1 Å². The molecule has 2 aromatic heterocycles. The normalized spacial score (nSPS) is 16.2. The highest BCUT2D eigenvalue weighted by atomic mass is 16.5. The molecule has 3 rings (SSSR count). The van der Waals surface area contributed by atoms with Gasteiger partial charge in [-0.15, -0.1) is 0 Å². The minimum Gasteiger partial charge on any atom is -0.462 e. The van der Waals surface area contributed by atoms with Crippen molar-refractivity contribution in [2.75, 3.05) is 25.4 Å². The van der Waals surface area contributed by atoms with Crippen LogP contribution in [0.4, 0.5) is 5.82 Å². The Hall–Kier alpha value is -2.42. The molecular weight excluding hydrogens is 324 g/mol. The molecular formula is C16H24N6O3. The molecule has 9 heteroatoms. The SMILES string of the molecule is CCOC(=O)c1cnn(C2CCN(Cc3noc(CC)n3)CC2)c1N. The minimum absolute atomic E-state index is 0.177. The van der Waals surface area contributed by atoms with Crippen LogP contribution in [-0.2, 0) is 17.7 Å². The number of rotatable bonds is 6. The van der Waals surface area contributed by atoms with Gasteiger partial charge in [-0.05, 0) is 19.8 Å². The van der Waals surface area contributed by atoms with Gasteiger partial charge in [0, 0.05) is 19.5 Å². The van der Waals surface area contributed by atoms with Crippen LogP contribution in [0, 0.1) is 0 Å². The first-order valence-electron chi connectivity index (χ1n) is 8.66. The summed E-state index contributed by atoms with van der Waals surface area (Å²) in [6.07, 6.45) is 4.03. The molecule has 0 atom stereocenters. The van der Waals surface area contributed by atoms with Crippen LogP contribution in [0.25, 0.3) is 0 Å². The lowest BCUT2D eigenvalue weighted by molar-refractivity contribution is 0.0527. The number of esters is 1. The van der Waals surface area contributed by atoms with E-state index in [2.05, 4.69) is 20.1 Å². The summed E-state index contributed by atoms with van der Waals surface area (Å²) in [6.45, 7) is 6.52. The quantitative estimate of drug-likeness (QED) is 0.780. The summed E-state index contributed by atoms with van der Waals surface area (Å²) in [5.74, 6) is 1.34. The van der Waals surface area contributed by atoms with Crippen molar-refractivity contribution in [1.82, 2.24) is 24.8 Å². The average molecular weight is 348 g/mol. The highest BCUT2D eigenvalue weighted by Crippen LogP contribution is 2.27. The minimum atomic E-state index is -0.424. The third-order valence-electron chi connectivity index (χ3n) is 4.41. The third kappa shape index (κ3) is 3.81. The molecule has 136 valence electrons. The summed E-state index contributed by atoms with van der Waals surface area (Å²) >= 11 is 0. The number of nitrogen functional groups attached to an aromatic ring is 1. The number of likely N-dealkylation sites (tertiary alicyclic amines) is 1. The fraction of sp³-hybridized carbons (Fsp3) is 0.625. The number of carbonyl (C=O) groups excluding carboxylic acids is 1. The summed E-state index contributed by atoms with van der Waals surface area (Å²) in [6, 6.07) is 0.177. The highest BCUT2D eigenvalue weighted by Gasteiger charge is 2.26. The largest absolute Gasteiger partial charge is 0.462 e. The number of piperidine rings is 1. The number of aromatic nitrogens is 4. The van der Waals surface area contributed by atoms with Gasteiger partial charge < -0.3 is 15.0 Å². The van der Waals surface area contributed by atoms with Crippen molar-refractivity contribution in [3.63, 3.8) is 0 Å². The summed E-state index contributed by atoms with van der Waals surface area (Å²) in [5, 5.41) is 8.29. The molecule has 1 saturated heterocycles. The Morgan fingerprint density at radius 3 is 2.80 bits per heavy atom. The molecule has 0 aliphatic carbocycles. The summed E-state index contributed by atoms with van der Waals surface area (Å²) in [7, 11) is 0. The number of anilines is 1. The number of aryl methyl sites for hydroxylation is 1. The van der Waals surface area contributed by atoms with E-state index in [4.69, 9.17) is 15.0 Å². The van der Waals surface area contributed by atoms with Gasteiger partial charge >= 0.3 is 5.97 Å². The van der Waals surface area contributed by atoms with Crippen LogP contribution in [0.5, 0.6) is 0 Å². The number of carbonyl (C=O) groups is 1. The van der Waals surface area contributed by atoms with Gasteiger partial charge in [0.25, 0.3) is 0 Å². The van der Waals surface area contributed by atoms with Crippen molar-refractivity contribution in [2.24, 2.45) is 0 Å². The second-order valence-corrected chi connectivity index (χ2v) is 6.07. The topological polar surface area (TPSA) is 112 Å². The molecule has 1 aliphatic rings. The maximum Gasteiger partial charge on any atom is 0.343 e. The molecule has 2 aromatic rings. The van der Waals surface area contributed by atoms with Crippen LogP contribution >= 0.6 is 0 Å². The van der Waals surface area contributed by atoms with E-state index in [1.54, 1.807) is 11.6 Å². The van der Waals surface area contributed by atoms with E-state index in [1.807, 2.05) is 6.92 Å². The highest BCUT2D eigenvalue weighted by molar-refractivity contribution is 5.94. The zero-order valence-corrected chi connectivity index (χ0v) is 14.6. The van der Waals surface area contributed by atoms with Crippen LogP contribution in [0.2, 0.25) is 0 Å². The Kier molecular flexibility index (Phi) is 5.32. The van der Waals surface area contributed by atoms with Gasteiger partial charge in [-0.2, -0.15) is 10.1 Å². The maximum absolute atomic E-state index is 11.9. The molecule has 0 unspecified atom stereocenters. The zero-order chi connectivity index (χ0) is 17.8. The van der Waals surface area contributed by atoms with Crippen LogP contribution in [0.3, 0.4) is 0 Å². The Morgan fingerprint density at radius 1 is 1.40 bits per heavy atom. The van der Waals surface area contributed by atoms with E-state index < -0.39 is 5.97 Å². The Balaban J connectivity index is 1.58. The molecule has 9 nitrogen and oxygen atoms in total. The number of nitrogens with two attached hydrogens (primary N) is 1. The number of nitrogens with zero attached hydrogens (tertiary/aromatic N) is 5. The molecule has 0 spiro atoms. The maximum atomic E-state index is 11.9. The Labute approximate surface area is 146 Å². The first-order valence-corrected chi connectivity index (χ1v) is 8.66. The van der Waals surface area contributed by atoms with Crippen LogP contribution in [0.1, 0.15) is 54.8 Å². The first kappa shape index (κ1) is 17.4. The monoisotopic (exact) mass is 348 g/mol. The number of ether oxygens (including phenoxy) is 1. The third-order valence-corrected chi connectivity index (χ3v) is 4.41. The lowest BCUT2D eigenvalue weighted by atomic mass is 10.1. The Bertz CT molecular complexity index is 717. The smallest absolute Gasteiger partial charge is 0.343 e. The zero-order valence-electron chi connectivity index (χ0n) is 14.6. The van der Waals surface area contributed by atoms with Gasteiger partial charge in [0.1, 0.15) is 11.4 Å². The molecule has 0 amide bonds. The summed E-state index contributed by atoms with van der Waals surface area (Å²) in [4.78, 5) is 18.5. The predicted molar refractivity (Wildman–Crippen MR) is 89.8 cm³/mol. The molecule has 2 N–H and O–H groups in total. The van der Waals surface area contributed by atoms with Crippen molar-refractivity contribution in [3.05, 3.63) is 23.5 Å². The first-order chi connectivity index (χ1) is 12.1. The van der Waals surface area contributed by atoms with E-state index in [-0.39, 0.29) is 6.04 Å². The summed E-state index contributed by atoms with van der Waals surface area (Å²) in [5.41, 5.74) is 6.43. The fourth-order valence-corrected chi connectivity index (χ4v) is 3.05.